The van der Waals surface area contributed by atoms with E-state index in [1.165, 1.54) is 0 Å². The Morgan fingerprint density at radius 3 is 2.65 bits per heavy atom. The third-order valence-electron chi connectivity index (χ3n) is 4.43. The van der Waals surface area contributed by atoms with Gasteiger partial charge in [-0.3, -0.25) is 14.8 Å². The molecule has 0 spiro atoms. The molecule has 116 valence electrons. The van der Waals surface area contributed by atoms with Gasteiger partial charge in [-0.2, -0.15) is 0 Å². The third kappa shape index (κ3) is 2.23. The molecule has 2 aliphatic rings. The Bertz CT molecular complexity index is 788. The predicted octanol–water partition coefficient (Wildman–Crippen LogP) is 2.65. The molecule has 1 aliphatic heterocycles. The van der Waals surface area contributed by atoms with E-state index < -0.39 is 0 Å². The van der Waals surface area contributed by atoms with E-state index in [9.17, 15) is 4.79 Å². The number of fused-ring (bicyclic) bond motifs is 1. The number of nitrogens with zero attached hydrogens (tertiary/aromatic N) is 4. The summed E-state index contributed by atoms with van der Waals surface area (Å²) in [7, 11) is 0. The van der Waals surface area contributed by atoms with E-state index in [2.05, 4.69) is 10.1 Å². The van der Waals surface area contributed by atoms with Crippen LogP contribution in [0.3, 0.4) is 0 Å². The van der Waals surface area contributed by atoms with Crippen LogP contribution in [-0.2, 0) is 6.42 Å². The number of aryl methyl sites for hydroxylation is 1. The number of anilines is 2. The lowest BCUT2D eigenvalue weighted by atomic mass is 10.1. The minimum atomic E-state index is -0.0352. The van der Waals surface area contributed by atoms with Gasteiger partial charge in [-0.05, 0) is 42.7 Å². The second-order valence-electron chi connectivity index (χ2n) is 5.69. The lowest BCUT2D eigenvalue weighted by Gasteiger charge is -2.19. The number of urea groups is 1. The Hall–Kier alpha value is -2.89. The number of hydrogen-bond acceptors (Lipinski definition) is 4. The zero-order chi connectivity index (χ0) is 15.8. The molecule has 6 nitrogen and oxygen atoms in total. The Balaban J connectivity index is 1.62. The number of pyridine rings is 1. The molecule has 0 atom stereocenters. The van der Waals surface area contributed by atoms with Crippen molar-refractivity contribution in [3.63, 3.8) is 0 Å². The molecule has 0 unspecified atom stereocenters. The van der Waals surface area contributed by atoms with Gasteiger partial charge >= 0.3 is 6.03 Å². The van der Waals surface area contributed by atoms with Crippen molar-refractivity contribution in [3.8, 4) is 0 Å². The van der Waals surface area contributed by atoms with E-state index in [1.807, 2.05) is 30.3 Å². The van der Waals surface area contributed by atoms with E-state index in [1.54, 1.807) is 22.2 Å². The van der Waals surface area contributed by atoms with Crippen molar-refractivity contribution in [2.45, 2.75) is 12.8 Å². The Labute approximate surface area is 133 Å². The SMILES string of the molecule is O=C1N(c2cccnc2)CCN1c1ccc2c(c1)CC/C2=N\O. The second kappa shape index (κ2) is 5.39. The van der Waals surface area contributed by atoms with Crippen LogP contribution in [0.2, 0.25) is 0 Å². The summed E-state index contributed by atoms with van der Waals surface area (Å²) in [6.45, 7) is 1.29. The molecular weight excluding hydrogens is 292 g/mol. The average molecular weight is 308 g/mol. The van der Waals surface area contributed by atoms with Gasteiger partial charge in [-0.15, -0.1) is 0 Å². The topological polar surface area (TPSA) is 69.0 Å². The number of hydrogen-bond donors (Lipinski definition) is 1. The number of carbonyl (C=O) groups excluding carboxylic acids is 1. The lowest BCUT2D eigenvalue weighted by molar-refractivity contribution is 0.256. The van der Waals surface area contributed by atoms with Gasteiger partial charge in [0.05, 0.1) is 17.6 Å². The molecule has 1 N–H and O–H groups in total. The summed E-state index contributed by atoms with van der Waals surface area (Å²) in [5.41, 5.74) is 4.53. The summed E-state index contributed by atoms with van der Waals surface area (Å²) < 4.78 is 0. The van der Waals surface area contributed by atoms with Crippen LogP contribution in [0.15, 0.2) is 47.9 Å². The highest BCUT2D eigenvalue weighted by molar-refractivity contribution is 6.07. The number of benzene rings is 1. The molecule has 23 heavy (non-hydrogen) atoms. The Kier molecular flexibility index (Phi) is 3.22. The molecule has 2 amide bonds. The van der Waals surface area contributed by atoms with Crippen molar-refractivity contribution in [2.75, 3.05) is 22.9 Å². The summed E-state index contributed by atoms with van der Waals surface area (Å²) in [5, 5.41) is 12.4. The van der Waals surface area contributed by atoms with Gasteiger partial charge in [0, 0.05) is 30.5 Å². The number of oxime groups is 1. The van der Waals surface area contributed by atoms with Gasteiger partial charge in [-0.1, -0.05) is 11.2 Å². The van der Waals surface area contributed by atoms with Crippen LogP contribution in [0.1, 0.15) is 17.5 Å². The van der Waals surface area contributed by atoms with Crippen molar-refractivity contribution >= 4 is 23.1 Å². The van der Waals surface area contributed by atoms with Crippen LogP contribution in [0.25, 0.3) is 0 Å². The fourth-order valence-corrected chi connectivity index (χ4v) is 3.26. The maximum absolute atomic E-state index is 12.7. The quantitative estimate of drug-likeness (QED) is 0.685. The van der Waals surface area contributed by atoms with Crippen LogP contribution >= 0.6 is 0 Å². The first-order valence-electron chi connectivity index (χ1n) is 7.61. The van der Waals surface area contributed by atoms with E-state index in [0.29, 0.717) is 13.1 Å². The maximum atomic E-state index is 12.7. The molecule has 1 fully saturated rings. The molecule has 0 radical (unpaired) electrons. The summed E-state index contributed by atoms with van der Waals surface area (Å²) in [5.74, 6) is 0. The van der Waals surface area contributed by atoms with Gasteiger partial charge in [0.15, 0.2) is 0 Å². The van der Waals surface area contributed by atoms with Crippen molar-refractivity contribution in [2.24, 2.45) is 5.16 Å². The smallest absolute Gasteiger partial charge is 0.329 e. The molecule has 1 saturated heterocycles. The first-order chi connectivity index (χ1) is 11.3. The highest BCUT2D eigenvalue weighted by Crippen LogP contribution is 2.30. The van der Waals surface area contributed by atoms with Crippen molar-refractivity contribution in [1.82, 2.24) is 4.98 Å². The molecule has 0 bridgehead atoms. The van der Waals surface area contributed by atoms with Crippen LogP contribution in [0.4, 0.5) is 16.2 Å². The summed E-state index contributed by atoms with van der Waals surface area (Å²) in [6, 6.07) is 9.56. The van der Waals surface area contributed by atoms with Crippen LogP contribution < -0.4 is 9.80 Å². The van der Waals surface area contributed by atoms with Gasteiger partial charge in [0.2, 0.25) is 0 Å². The van der Waals surface area contributed by atoms with Crippen LogP contribution in [0, 0.1) is 0 Å². The number of carbonyl (C=O) groups is 1. The minimum absolute atomic E-state index is 0.0352. The molecule has 2 heterocycles. The highest BCUT2D eigenvalue weighted by Gasteiger charge is 2.31. The Morgan fingerprint density at radius 2 is 1.91 bits per heavy atom. The third-order valence-corrected chi connectivity index (χ3v) is 4.43. The molecule has 6 heteroatoms. The molecule has 2 aromatic rings. The first-order valence-corrected chi connectivity index (χ1v) is 7.61. The normalized spacial score (nSPS) is 18.8. The molecular formula is C17H16N4O2. The average Bonchev–Trinajstić information content (AvgIpc) is 3.18. The summed E-state index contributed by atoms with van der Waals surface area (Å²) in [4.78, 5) is 20.3. The molecule has 0 saturated carbocycles. The van der Waals surface area contributed by atoms with Crippen molar-refractivity contribution in [3.05, 3.63) is 53.9 Å². The lowest BCUT2D eigenvalue weighted by Crippen LogP contribution is -2.31. The van der Waals surface area contributed by atoms with Crippen LogP contribution in [0.5, 0.6) is 0 Å². The first kappa shape index (κ1) is 13.8. The van der Waals surface area contributed by atoms with E-state index in [-0.39, 0.29) is 6.03 Å². The molecule has 1 aromatic heterocycles. The molecule has 1 aromatic carbocycles. The molecule has 1 aliphatic carbocycles. The maximum Gasteiger partial charge on any atom is 0.329 e. The van der Waals surface area contributed by atoms with Crippen molar-refractivity contribution in [1.29, 1.82) is 0 Å². The van der Waals surface area contributed by atoms with Crippen LogP contribution in [-0.4, -0.2) is 35.0 Å². The zero-order valence-electron chi connectivity index (χ0n) is 12.5. The van der Waals surface area contributed by atoms with Gasteiger partial charge < -0.3 is 5.21 Å². The fourth-order valence-electron chi connectivity index (χ4n) is 3.26. The standard InChI is InChI=1S/C17H16N4O2/c22-17-20(8-9-21(17)14-2-1-7-18-11-14)13-4-5-15-12(10-13)3-6-16(15)19-23/h1-2,4-5,7,10-11,23H,3,6,8-9H2/b19-16+. The molecule has 4 rings (SSSR count). The largest absolute Gasteiger partial charge is 0.411 e. The van der Waals surface area contributed by atoms with Gasteiger partial charge in [0.1, 0.15) is 0 Å². The van der Waals surface area contributed by atoms with E-state index in [4.69, 9.17) is 5.21 Å². The Morgan fingerprint density at radius 1 is 1.09 bits per heavy atom. The van der Waals surface area contributed by atoms with Gasteiger partial charge in [0.25, 0.3) is 0 Å². The minimum Gasteiger partial charge on any atom is -0.411 e. The zero-order valence-corrected chi connectivity index (χ0v) is 12.5. The summed E-state index contributed by atoms with van der Waals surface area (Å²) in [6.07, 6.45) is 4.98. The van der Waals surface area contributed by atoms with Crippen molar-refractivity contribution < 1.29 is 10.0 Å². The predicted molar refractivity (Wildman–Crippen MR) is 87.4 cm³/mol. The number of rotatable bonds is 2. The monoisotopic (exact) mass is 308 g/mol. The van der Waals surface area contributed by atoms with E-state index in [0.717, 1.165) is 41.1 Å². The second-order valence-corrected chi connectivity index (χ2v) is 5.69. The fraction of sp³-hybridized carbons (Fsp3) is 0.235. The summed E-state index contributed by atoms with van der Waals surface area (Å²) >= 11 is 0. The van der Waals surface area contributed by atoms with Gasteiger partial charge in [-0.25, -0.2) is 4.79 Å². The number of amides is 2. The van der Waals surface area contributed by atoms with E-state index >= 15 is 0 Å². The number of aromatic nitrogens is 1. The highest BCUT2D eigenvalue weighted by atomic mass is 16.4.